The third kappa shape index (κ3) is 4.30. The summed E-state index contributed by atoms with van der Waals surface area (Å²) in [6.07, 6.45) is 0. The SMILES string of the molecule is COc1cc(Oc2nc3ccccc3nc2C(=O)Nc2ccc3[nH]nnc3c2)c(-n2nnc3ccccc32)cc1F. The van der Waals surface area contributed by atoms with Crippen LogP contribution in [0.25, 0.3) is 38.8 Å². The quantitative estimate of drug-likeness (QED) is 0.299. The Balaban J connectivity index is 1.35. The summed E-state index contributed by atoms with van der Waals surface area (Å²) in [6, 6.07) is 22.0. The van der Waals surface area contributed by atoms with E-state index in [1.54, 1.807) is 54.6 Å². The number of anilines is 1. The molecule has 0 radical (unpaired) electrons. The Morgan fingerprint density at radius 3 is 2.49 bits per heavy atom. The monoisotopic (exact) mass is 547 g/mol. The van der Waals surface area contributed by atoms with Gasteiger partial charge in [-0.2, -0.15) is 0 Å². The minimum absolute atomic E-state index is 0.0752. The molecular weight excluding hydrogens is 529 g/mol. The minimum Gasteiger partial charge on any atom is -0.494 e. The number of aromatic nitrogens is 8. The Morgan fingerprint density at radius 2 is 1.66 bits per heavy atom. The number of benzene rings is 4. The Labute approximate surface area is 229 Å². The van der Waals surface area contributed by atoms with Crippen LogP contribution < -0.4 is 14.8 Å². The van der Waals surface area contributed by atoms with Crippen molar-refractivity contribution in [3.63, 3.8) is 0 Å². The number of nitrogens with one attached hydrogen (secondary N) is 2. The zero-order valence-electron chi connectivity index (χ0n) is 21.2. The molecule has 0 atom stereocenters. The number of hydrogen-bond acceptors (Lipinski definition) is 9. The van der Waals surface area contributed by atoms with Crippen LogP contribution in [0.2, 0.25) is 0 Å². The normalized spacial score (nSPS) is 11.3. The van der Waals surface area contributed by atoms with Gasteiger partial charge < -0.3 is 14.8 Å². The minimum atomic E-state index is -0.639. The van der Waals surface area contributed by atoms with Gasteiger partial charge in [0.25, 0.3) is 11.8 Å². The van der Waals surface area contributed by atoms with Crippen LogP contribution in [0, 0.1) is 5.82 Å². The van der Waals surface area contributed by atoms with Gasteiger partial charge in [-0.05, 0) is 42.5 Å². The molecule has 0 unspecified atom stereocenters. The molecule has 12 nitrogen and oxygen atoms in total. The average molecular weight is 548 g/mol. The third-order valence-corrected chi connectivity index (χ3v) is 6.36. The summed E-state index contributed by atoms with van der Waals surface area (Å²) < 4.78 is 27.8. The lowest BCUT2D eigenvalue weighted by Crippen LogP contribution is -2.16. The zero-order valence-corrected chi connectivity index (χ0v) is 21.2. The number of ether oxygens (including phenoxy) is 2. The maximum absolute atomic E-state index is 15.0. The van der Waals surface area contributed by atoms with E-state index in [-0.39, 0.29) is 28.8 Å². The molecule has 0 aliphatic carbocycles. The number of carbonyl (C=O) groups is 1. The summed E-state index contributed by atoms with van der Waals surface area (Å²) in [7, 11) is 1.34. The van der Waals surface area contributed by atoms with E-state index in [0.717, 1.165) is 5.52 Å². The van der Waals surface area contributed by atoms with Gasteiger partial charge in [0.05, 0.1) is 29.2 Å². The summed E-state index contributed by atoms with van der Waals surface area (Å²) in [5.74, 6) is -1.29. The molecule has 0 fully saturated rings. The molecule has 0 aliphatic heterocycles. The van der Waals surface area contributed by atoms with Crippen LogP contribution >= 0.6 is 0 Å². The van der Waals surface area contributed by atoms with Crippen molar-refractivity contribution in [2.24, 2.45) is 0 Å². The number of aromatic amines is 1. The van der Waals surface area contributed by atoms with Crippen molar-refractivity contribution in [2.75, 3.05) is 12.4 Å². The molecule has 1 amide bonds. The average Bonchev–Trinajstić information content (AvgIpc) is 3.64. The lowest BCUT2D eigenvalue weighted by atomic mass is 10.2. The maximum Gasteiger partial charge on any atom is 0.279 e. The van der Waals surface area contributed by atoms with E-state index in [1.807, 2.05) is 12.1 Å². The van der Waals surface area contributed by atoms with Crippen molar-refractivity contribution in [1.29, 1.82) is 0 Å². The number of carbonyl (C=O) groups excluding carboxylic acids is 1. The summed E-state index contributed by atoms with van der Waals surface area (Å²) in [5.41, 5.74) is 4.08. The Morgan fingerprint density at radius 1 is 0.878 bits per heavy atom. The van der Waals surface area contributed by atoms with Gasteiger partial charge in [0, 0.05) is 17.8 Å². The molecule has 3 heterocycles. The van der Waals surface area contributed by atoms with Crippen LogP contribution in [0.3, 0.4) is 0 Å². The van der Waals surface area contributed by atoms with E-state index < -0.39 is 11.7 Å². The van der Waals surface area contributed by atoms with Crippen molar-refractivity contribution in [2.45, 2.75) is 0 Å². The van der Waals surface area contributed by atoms with Gasteiger partial charge in [-0.1, -0.05) is 34.7 Å². The van der Waals surface area contributed by atoms with Crippen LogP contribution in [0.1, 0.15) is 10.5 Å². The Bertz CT molecular complexity index is 2110. The second kappa shape index (κ2) is 9.64. The molecule has 200 valence electrons. The van der Waals surface area contributed by atoms with Gasteiger partial charge in [0.15, 0.2) is 23.0 Å². The molecular formula is C28H18FN9O3. The largest absolute Gasteiger partial charge is 0.494 e. The second-order valence-electron chi connectivity index (χ2n) is 8.91. The molecule has 0 saturated carbocycles. The fraction of sp³-hybridized carbons (Fsp3) is 0.0357. The van der Waals surface area contributed by atoms with E-state index in [0.29, 0.717) is 33.3 Å². The van der Waals surface area contributed by atoms with Crippen LogP contribution in [0.4, 0.5) is 10.1 Å². The highest BCUT2D eigenvalue weighted by Crippen LogP contribution is 2.36. The predicted molar refractivity (Wildman–Crippen MR) is 147 cm³/mol. The summed E-state index contributed by atoms with van der Waals surface area (Å²) >= 11 is 0. The van der Waals surface area contributed by atoms with Gasteiger partial charge in [-0.15, -0.1) is 10.2 Å². The topological polar surface area (TPSA) is 146 Å². The van der Waals surface area contributed by atoms with E-state index in [1.165, 1.54) is 23.9 Å². The Hall–Kier alpha value is -5.98. The molecule has 13 heteroatoms. The first-order valence-electron chi connectivity index (χ1n) is 12.3. The number of H-pyrrole nitrogens is 1. The number of amides is 1. The number of halogens is 1. The van der Waals surface area contributed by atoms with E-state index in [2.05, 4.69) is 41.0 Å². The number of methoxy groups -OCH3 is 1. The summed E-state index contributed by atoms with van der Waals surface area (Å²) in [5, 5.41) is 21.7. The standard InChI is InChI=1S/C28H18FN9O3/c1-40-24-14-25(23(13-16(24)29)38-22-9-5-4-8-20(22)35-37-38)41-28-26(31-17-6-2-3-7-18(17)32-28)27(39)30-15-10-11-19-21(12-15)34-36-33-19/h2-14H,1H3,(H,30,39)(H,33,34,36). The van der Waals surface area contributed by atoms with E-state index in [9.17, 15) is 9.18 Å². The molecule has 4 aromatic carbocycles. The summed E-state index contributed by atoms with van der Waals surface area (Å²) in [4.78, 5) is 22.7. The van der Waals surface area contributed by atoms with Gasteiger partial charge in [0.2, 0.25) is 0 Å². The number of rotatable bonds is 6. The van der Waals surface area contributed by atoms with Gasteiger partial charge >= 0.3 is 0 Å². The number of hydrogen-bond donors (Lipinski definition) is 2. The fourth-order valence-electron chi connectivity index (χ4n) is 4.39. The van der Waals surface area contributed by atoms with Crippen molar-refractivity contribution in [3.05, 3.63) is 90.4 Å². The number of fused-ring (bicyclic) bond motifs is 3. The van der Waals surface area contributed by atoms with Gasteiger partial charge in [-0.3, -0.25) is 9.89 Å². The van der Waals surface area contributed by atoms with Gasteiger partial charge in [0.1, 0.15) is 16.7 Å². The van der Waals surface area contributed by atoms with Crippen molar-refractivity contribution in [1.82, 2.24) is 40.4 Å². The number of nitrogens with zero attached hydrogens (tertiary/aromatic N) is 7. The highest BCUT2D eigenvalue weighted by Gasteiger charge is 2.23. The highest BCUT2D eigenvalue weighted by atomic mass is 19.1. The van der Waals surface area contributed by atoms with Crippen LogP contribution in [0.5, 0.6) is 17.4 Å². The first-order chi connectivity index (χ1) is 20.1. The molecule has 0 aliphatic rings. The molecule has 0 saturated heterocycles. The van der Waals surface area contributed by atoms with Crippen LogP contribution in [-0.2, 0) is 0 Å². The lowest BCUT2D eigenvalue weighted by molar-refractivity contribution is 0.101. The maximum atomic E-state index is 15.0. The second-order valence-corrected chi connectivity index (χ2v) is 8.91. The Kier molecular flexibility index (Phi) is 5.67. The molecule has 2 N–H and O–H groups in total. The van der Waals surface area contributed by atoms with E-state index in [4.69, 9.17) is 9.47 Å². The van der Waals surface area contributed by atoms with Crippen LogP contribution in [0.15, 0.2) is 78.9 Å². The number of para-hydroxylation sites is 3. The first kappa shape index (κ1) is 24.1. The zero-order chi connectivity index (χ0) is 27.9. The smallest absolute Gasteiger partial charge is 0.279 e. The molecule has 7 rings (SSSR count). The summed E-state index contributed by atoms with van der Waals surface area (Å²) in [6.45, 7) is 0. The third-order valence-electron chi connectivity index (χ3n) is 6.36. The van der Waals surface area contributed by atoms with Crippen LogP contribution in [-0.4, -0.2) is 53.4 Å². The molecule has 0 bridgehead atoms. The van der Waals surface area contributed by atoms with Crippen molar-refractivity contribution >= 4 is 44.7 Å². The highest BCUT2D eigenvalue weighted by molar-refractivity contribution is 6.06. The fourth-order valence-corrected chi connectivity index (χ4v) is 4.39. The van der Waals surface area contributed by atoms with E-state index >= 15 is 0 Å². The lowest BCUT2D eigenvalue weighted by Gasteiger charge is -2.15. The predicted octanol–water partition coefficient (Wildman–Crippen LogP) is 4.83. The van der Waals surface area contributed by atoms with Gasteiger partial charge in [-0.25, -0.2) is 19.0 Å². The molecule has 3 aromatic heterocycles. The molecule has 7 aromatic rings. The first-order valence-corrected chi connectivity index (χ1v) is 12.3. The molecule has 41 heavy (non-hydrogen) atoms. The molecule has 0 spiro atoms. The van der Waals surface area contributed by atoms with Crippen molar-refractivity contribution in [3.8, 4) is 23.1 Å². The van der Waals surface area contributed by atoms with Crippen molar-refractivity contribution < 1.29 is 18.7 Å².